The van der Waals surface area contributed by atoms with Crippen molar-refractivity contribution in [2.24, 2.45) is 0 Å². The molecule has 1 unspecified atom stereocenters. The Morgan fingerprint density at radius 1 is 0.844 bits per heavy atom. The van der Waals surface area contributed by atoms with Gasteiger partial charge in [0.1, 0.15) is 0 Å². The fourth-order valence-electron chi connectivity index (χ4n) is 4.67. The summed E-state index contributed by atoms with van der Waals surface area (Å²) in [7, 11) is 9.45. The molecule has 2 rings (SSSR count). The van der Waals surface area contributed by atoms with Crippen molar-refractivity contribution in [2.75, 3.05) is 0 Å². The molecule has 0 aliphatic heterocycles. The van der Waals surface area contributed by atoms with E-state index in [0.29, 0.717) is 26.3 Å². The number of rotatable bonds is 2. The van der Waals surface area contributed by atoms with Crippen LogP contribution in [0.3, 0.4) is 0 Å². The van der Waals surface area contributed by atoms with Crippen LogP contribution in [0.1, 0.15) is 83.1 Å². The van der Waals surface area contributed by atoms with E-state index in [1.807, 2.05) is 0 Å². The molecule has 1 atom stereocenters. The summed E-state index contributed by atoms with van der Waals surface area (Å²) >= 11 is -0.106. The largest absolute Gasteiger partial charge is 2.00 e. The maximum atomic E-state index is 4.81. The third-order valence-corrected chi connectivity index (χ3v) is 11.9. The van der Waals surface area contributed by atoms with E-state index >= 15 is 0 Å². The average Bonchev–Trinajstić information content (AvgIpc) is 3.16. The zero-order valence-corrected chi connectivity index (χ0v) is 27.9. The Balaban J connectivity index is 0. The molecular weight excluding hydrogens is 607 g/mol. The molecule has 0 radical (unpaired) electrons. The maximum Gasteiger partial charge on any atom is 2.00 e. The molecule has 0 fully saturated rings. The standard InChI is InChI=1S/2C13H22P.2ClH.Fe.Pd/c2*1-12(2,3)14(13(4,5)6)11-9-7-8-10-11;;;;/h7-9,11H,1-6H3;7-10H,1-6H3;2*1H;;/q2*-1;;;2*+2/p-2. The molecule has 0 nitrogen and oxygen atoms in total. The summed E-state index contributed by atoms with van der Waals surface area (Å²) in [5, 5.41) is 3.12. The average molecular weight is 652 g/mol. The van der Waals surface area contributed by atoms with E-state index in [9.17, 15) is 0 Å². The fourth-order valence-corrected chi connectivity index (χ4v) is 12.9. The number of allylic oxidation sites excluding steroid dienone is 4. The summed E-state index contributed by atoms with van der Waals surface area (Å²) in [4.78, 5) is 0. The van der Waals surface area contributed by atoms with E-state index in [1.165, 1.54) is 0 Å². The van der Waals surface area contributed by atoms with Crippen molar-refractivity contribution in [3.05, 3.63) is 48.6 Å². The van der Waals surface area contributed by atoms with Gasteiger partial charge in [-0.15, -0.1) is 13.2 Å². The number of hydrogen-bond acceptors (Lipinski definition) is 0. The zero-order valence-electron chi connectivity index (χ0n) is 21.9. The molecule has 0 spiro atoms. The molecule has 1 aromatic carbocycles. The third kappa shape index (κ3) is 13.0. The van der Waals surface area contributed by atoms with Crippen molar-refractivity contribution in [3.8, 4) is 0 Å². The second-order valence-electron chi connectivity index (χ2n) is 11.7. The molecule has 0 amide bonds. The van der Waals surface area contributed by atoms with Crippen molar-refractivity contribution in [2.45, 2.75) is 109 Å². The summed E-state index contributed by atoms with van der Waals surface area (Å²) in [5.74, 6) is 0. The SMILES string of the molecule is CC(C)(C)P(C1[C-]=CC=C1)C(C)(C)C.CC(C)(C)P(c1ccc[cH-]1)C(C)(C)C.[Cl][Pd][Cl].[Fe+2]. The first kappa shape index (κ1) is 35.6. The van der Waals surface area contributed by atoms with Gasteiger partial charge in [-0.25, -0.2) is 24.3 Å². The van der Waals surface area contributed by atoms with E-state index < -0.39 is 0 Å². The van der Waals surface area contributed by atoms with E-state index in [4.69, 9.17) is 19.1 Å². The molecule has 0 heterocycles. The van der Waals surface area contributed by atoms with Crippen molar-refractivity contribution >= 4 is 40.2 Å². The Morgan fingerprint density at radius 3 is 1.53 bits per heavy atom. The van der Waals surface area contributed by atoms with Gasteiger partial charge in [-0.3, -0.25) is 6.08 Å². The van der Waals surface area contributed by atoms with Crippen LogP contribution in [0, 0.1) is 6.08 Å². The third-order valence-electron chi connectivity index (χ3n) is 4.63. The molecule has 0 saturated heterocycles. The van der Waals surface area contributed by atoms with Gasteiger partial charge in [-0.1, -0.05) is 96.7 Å². The van der Waals surface area contributed by atoms with Gasteiger partial charge in [-0.05, 0) is 20.6 Å². The van der Waals surface area contributed by atoms with Gasteiger partial charge in [0.15, 0.2) is 0 Å². The number of halogens is 2. The summed E-state index contributed by atoms with van der Waals surface area (Å²) in [6, 6.07) is 8.87. The van der Waals surface area contributed by atoms with Gasteiger partial charge >= 0.3 is 52.1 Å². The van der Waals surface area contributed by atoms with Gasteiger partial charge in [0, 0.05) is 0 Å². The molecule has 32 heavy (non-hydrogen) atoms. The van der Waals surface area contributed by atoms with Crippen molar-refractivity contribution in [1.29, 1.82) is 0 Å². The first-order valence-electron chi connectivity index (χ1n) is 10.8. The summed E-state index contributed by atoms with van der Waals surface area (Å²) in [5.41, 5.74) is 0.560. The molecule has 0 aromatic heterocycles. The molecule has 0 bridgehead atoms. The predicted octanol–water partition coefficient (Wildman–Crippen LogP) is 9.85. The molecule has 1 aromatic rings. The van der Waals surface area contributed by atoms with Crippen molar-refractivity contribution < 1.29 is 33.0 Å². The van der Waals surface area contributed by atoms with Gasteiger partial charge in [-0.2, -0.15) is 18.2 Å². The quantitative estimate of drug-likeness (QED) is 0.170. The Bertz CT molecular complexity index is 633. The topological polar surface area (TPSA) is 0 Å². The van der Waals surface area contributed by atoms with Crippen LogP contribution in [-0.2, 0) is 33.0 Å². The van der Waals surface area contributed by atoms with Crippen LogP contribution in [0.2, 0.25) is 0 Å². The van der Waals surface area contributed by atoms with E-state index in [-0.39, 0.29) is 48.9 Å². The van der Waals surface area contributed by atoms with Crippen LogP contribution in [0.5, 0.6) is 0 Å². The Kier molecular flexibility index (Phi) is 16.6. The Hall–Kier alpha value is 1.45. The Morgan fingerprint density at radius 2 is 1.28 bits per heavy atom. The molecule has 1 aliphatic carbocycles. The van der Waals surface area contributed by atoms with Crippen LogP contribution in [0.4, 0.5) is 0 Å². The second-order valence-corrected chi connectivity index (χ2v) is 22.0. The van der Waals surface area contributed by atoms with E-state index in [0.717, 1.165) is 0 Å². The zero-order chi connectivity index (χ0) is 24.7. The first-order chi connectivity index (χ1) is 13.9. The smallest absolute Gasteiger partial charge is 2.00 e. The normalized spacial score (nSPS) is 16.4. The maximum absolute atomic E-state index is 4.81. The minimum absolute atomic E-state index is 0. The van der Waals surface area contributed by atoms with Gasteiger partial charge < -0.3 is 0 Å². The second kappa shape index (κ2) is 14.9. The minimum atomic E-state index is -0.106. The van der Waals surface area contributed by atoms with Crippen molar-refractivity contribution in [3.63, 3.8) is 0 Å². The van der Waals surface area contributed by atoms with Crippen LogP contribution < -0.4 is 5.30 Å². The molecule has 6 heteroatoms. The molecule has 0 saturated carbocycles. The van der Waals surface area contributed by atoms with Gasteiger partial charge in [0.2, 0.25) is 0 Å². The van der Waals surface area contributed by atoms with Gasteiger partial charge in [0.25, 0.3) is 0 Å². The summed E-state index contributed by atoms with van der Waals surface area (Å²) in [6.45, 7) is 28.3. The van der Waals surface area contributed by atoms with E-state index in [1.54, 1.807) is 5.30 Å². The van der Waals surface area contributed by atoms with Crippen LogP contribution in [0.25, 0.3) is 0 Å². The summed E-state index contributed by atoms with van der Waals surface area (Å²) in [6.07, 6.45) is 9.97. The van der Waals surface area contributed by atoms with Crippen LogP contribution >= 0.6 is 34.9 Å². The Labute approximate surface area is 229 Å². The van der Waals surface area contributed by atoms with Crippen molar-refractivity contribution in [1.82, 2.24) is 0 Å². The monoisotopic (exact) mass is 650 g/mol. The molecule has 0 N–H and O–H groups in total. The van der Waals surface area contributed by atoms with E-state index in [2.05, 4.69) is 132 Å². The predicted molar refractivity (Wildman–Crippen MR) is 147 cm³/mol. The first-order valence-corrected chi connectivity index (χ1v) is 17.5. The van der Waals surface area contributed by atoms with Gasteiger partial charge in [0.05, 0.1) is 0 Å². The molecule has 1 aliphatic rings. The number of hydrogen-bond donors (Lipinski definition) is 0. The van der Waals surface area contributed by atoms with Crippen LogP contribution in [-0.4, -0.2) is 26.3 Å². The molecule has 190 valence electrons. The summed E-state index contributed by atoms with van der Waals surface area (Å²) < 4.78 is 0. The van der Waals surface area contributed by atoms with Crippen LogP contribution in [0.15, 0.2) is 42.5 Å². The fraction of sp³-hybridized carbons (Fsp3) is 0.654. The minimum Gasteiger partial charge on any atom is 2.00 e. The molecular formula is C26H44Cl2FeP2Pd.